The Morgan fingerprint density at radius 2 is 2.00 bits per heavy atom. The fourth-order valence-corrected chi connectivity index (χ4v) is 2.82. The van der Waals surface area contributed by atoms with Crippen LogP contribution in [0.25, 0.3) is 0 Å². The zero-order valence-electron chi connectivity index (χ0n) is 11.7. The SMILES string of the molecule is CN1CC(C)(C)N(c2ccc(F)cc2)CC1CC#N. The van der Waals surface area contributed by atoms with Gasteiger partial charge in [-0.25, -0.2) is 4.39 Å². The van der Waals surface area contributed by atoms with Gasteiger partial charge in [0.25, 0.3) is 0 Å². The highest BCUT2D eigenvalue weighted by atomic mass is 19.1. The maximum Gasteiger partial charge on any atom is 0.123 e. The number of rotatable bonds is 2. The van der Waals surface area contributed by atoms with Gasteiger partial charge in [0, 0.05) is 30.4 Å². The van der Waals surface area contributed by atoms with E-state index < -0.39 is 0 Å². The third-order valence-corrected chi connectivity index (χ3v) is 3.85. The highest BCUT2D eigenvalue weighted by Crippen LogP contribution is 2.30. The van der Waals surface area contributed by atoms with Gasteiger partial charge >= 0.3 is 0 Å². The number of likely N-dealkylation sites (N-methyl/N-ethyl adjacent to an activating group) is 1. The molecule has 2 rings (SSSR count). The molecule has 0 N–H and O–H groups in total. The number of benzene rings is 1. The van der Waals surface area contributed by atoms with Gasteiger partial charge in [0.2, 0.25) is 0 Å². The van der Waals surface area contributed by atoms with Gasteiger partial charge in [-0.3, -0.25) is 4.90 Å². The van der Waals surface area contributed by atoms with Crippen molar-refractivity contribution >= 4 is 5.69 Å². The van der Waals surface area contributed by atoms with Crippen LogP contribution in [0.4, 0.5) is 10.1 Å². The summed E-state index contributed by atoms with van der Waals surface area (Å²) in [5.74, 6) is -0.218. The summed E-state index contributed by atoms with van der Waals surface area (Å²) in [7, 11) is 2.06. The van der Waals surface area contributed by atoms with Gasteiger partial charge in [-0.2, -0.15) is 5.26 Å². The lowest BCUT2D eigenvalue weighted by molar-refractivity contribution is 0.153. The van der Waals surface area contributed by atoms with Crippen LogP contribution in [0.1, 0.15) is 20.3 Å². The number of hydrogen-bond donors (Lipinski definition) is 0. The van der Waals surface area contributed by atoms with Crippen LogP contribution in [0.15, 0.2) is 24.3 Å². The van der Waals surface area contributed by atoms with Gasteiger partial charge < -0.3 is 4.90 Å². The molecule has 4 heteroatoms. The van der Waals surface area contributed by atoms with E-state index in [2.05, 4.69) is 36.8 Å². The van der Waals surface area contributed by atoms with Crippen molar-refractivity contribution < 1.29 is 4.39 Å². The molecule has 1 aliphatic heterocycles. The Morgan fingerprint density at radius 3 is 2.58 bits per heavy atom. The Balaban J connectivity index is 2.26. The fraction of sp³-hybridized carbons (Fsp3) is 0.533. The minimum absolute atomic E-state index is 0.0292. The monoisotopic (exact) mass is 261 g/mol. The summed E-state index contributed by atoms with van der Waals surface area (Å²) in [6.45, 7) is 6.03. The second-order valence-electron chi connectivity index (χ2n) is 5.83. The number of anilines is 1. The normalized spacial score (nSPS) is 23.1. The average molecular weight is 261 g/mol. The largest absolute Gasteiger partial charge is 0.364 e. The lowest BCUT2D eigenvalue weighted by Crippen LogP contribution is -2.62. The Morgan fingerprint density at radius 1 is 1.37 bits per heavy atom. The smallest absolute Gasteiger partial charge is 0.123 e. The van der Waals surface area contributed by atoms with Crippen molar-refractivity contribution in [2.75, 3.05) is 25.0 Å². The van der Waals surface area contributed by atoms with Crippen LogP contribution < -0.4 is 4.90 Å². The third-order valence-electron chi connectivity index (χ3n) is 3.85. The third kappa shape index (κ3) is 2.87. The van der Waals surface area contributed by atoms with E-state index in [-0.39, 0.29) is 17.4 Å². The molecule has 0 radical (unpaired) electrons. The molecule has 1 aromatic carbocycles. The van der Waals surface area contributed by atoms with Gasteiger partial charge in [0.05, 0.1) is 12.5 Å². The lowest BCUT2D eigenvalue weighted by Gasteiger charge is -2.51. The molecule has 0 aromatic heterocycles. The van der Waals surface area contributed by atoms with Crippen LogP contribution in [-0.4, -0.2) is 36.6 Å². The predicted molar refractivity (Wildman–Crippen MR) is 74.5 cm³/mol. The number of piperazine rings is 1. The molecule has 1 aliphatic rings. The topological polar surface area (TPSA) is 30.3 Å². The molecule has 102 valence electrons. The first-order valence-corrected chi connectivity index (χ1v) is 6.54. The summed E-state index contributed by atoms with van der Waals surface area (Å²) in [5.41, 5.74) is 0.987. The molecule has 0 saturated carbocycles. The lowest BCUT2D eigenvalue weighted by atomic mass is 9.94. The maximum absolute atomic E-state index is 13.0. The zero-order chi connectivity index (χ0) is 14.0. The van der Waals surface area contributed by atoms with Crippen LogP contribution in [-0.2, 0) is 0 Å². The van der Waals surface area contributed by atoms with Crippen molar-refractivity contribution in [2.24, 2.45) is 0 Å². The minimum atomic E-state index is -0.218. The van der Waals surface area contributed by atoms with Crippen molar-refractivity contribution in [3.63, 3.8) is 0 Å². The molecule has 1 unspecified atom stereocenters. The quantitative estimate of drug-likeness (QED) is 0.820. The van der Waals surface area contributed by atoms with E-state index in [4.69, 9.17) is 5.26 Å². The fourth-order valence-electron chi connectivity index (χ4n) is 2.82. The van der Waals surface area contributed by atoms with Crippen molar-refractivity contribution in [3.05, 3.63) is 30.1 Å². The van der Waals surface area contributed by atoms with Crippen molar-refractivity contribution in [2.45, 2.75) is 31.8 Å². The van der Waals surface area contributed by atoms with Crippen LogP contribution in [0, 0.1) is 17.1 Å². The van der Waals surface area contributed by atoms with E-state index in [9.17, 15) is 4.39 Å². The van der Waals surface area contributed by atoms with E-state index in [1.54, 1.807) is 0 Å². The van der Waals surface area contributed by atoms with E-state index in [1.807, 2.05) is 12.1 Å². The van der Waals surface area contributed by atoms with Crippen LogP contribution in [0.5, 0.6) is 0 Å². The van der Waals surface area contributed by atoms with Crippen molar-refractivity contribution in [3.8, 4) is 6.07 Å². The molecule has 0 bridgehead atoms. The van der Waals surface area contributed by atoms with Gasteiger partial charge in [0.15, 0.2) is 0 Å². The molecule has 1 atom stereocenters. The first-order chi connectivity index (χ1) is 8.94. The minimum Gasteiger partial charge on any atom is -0.364 e. The molecule has 0 amide bonds. The van der Waals surface area contributed by atoms with E-state index >= 15 is 0 Å². The molecule has 0 spiro atoms. The second-order valence-corrected chi connectivity index (χ2v) is 5.83. The zero-order valence-corrected chi connectivity index (χ0v) is 11.7. The number of halogens is 1. The highest BCUT2D eigenvalue weighted by molar-refractivity contribution is 5.50. The van der Waals surface area contributed by atoms with E-state index in [1.165, 1.54) is 12.1 Å². The van der Waals surface area contributed by atoms with Gasteiger partial charge in [-0.1, -0.05) is 0 Å². The highest BCUT2D eigenvalue weighted by Gasteiger charge is 2.37. The maximum atomic E-state index is 13.0. The molecule has 1 fully saturated rings. The summed E-state index contributed by atoms with van der Waals surface area (Å²) >= 11 is 0. The predicted octanol–water partition coefficient (Wildman–Crippen LogP) is 2.64. The molecule has 1 aromatic rings. The Hall–Kier alpha value is -1.60. The Kier molecular flexibility index (Phi) is 3.77. The standard InChI is InChI=1S/C15H20FN3/c1-15(2)11-18(3)14(8-9-17)10-19(15)13-6-4-12(16)5-7-13/h4-7,14H,8,10-11H2,1-3H3. The Labute approximate surface area is 114 Å². The molecule has 3 nitrogen and oxygen atoms in total. The summed E-state index contributed by atoms with van der Waals surface area (Å²) in [5, 5.41) is 8.91. The molecule has 1 heterocycles. The summed E-state index contributed by atoms with van der Waals surface area (Å²) in [6, 6.07) is 9.07. The molecule has 1 saturated heterocycles. The number of nitriles is 1. The first-order valence-electron chi connectivity index (χ1n) is 6.54. The van der Waals surface area contributed by atoms with Gasteiger partial charge in [-0.05, 0) is 45.2 Å². The number of hydrogen-bond acceptors (Lipinski definition) is 3. The van der Waals surface area contributed by atoms with E-state index in [0.717, 1.165) is 18.8 Å². The summed E-state index contributed by atoms with van der Waals surface area (Å²) in [4.78, 5) is 4.51. The van der Waals surface area contributed by atoms with E-state index in [0.29, 0.717) is 6.42 Å². The van der Waals surface area contributed by atoms with Gasteiger partial charge in [-0.15, -0.1) is 0 Å². The second kappa shape index (κ2) is 5.18. The molecular weight excluding hydrogens is 241 g/mol. The summed E-state index contributed by atoms with van der Waals surface area (Å²) < 4.78 is 13.0. The van der Waals surface area contributed by atoms with Crippen molar-refractivity contribution in [1.29, 1.82) is 5.26 Å². The molecule has 0 aliphatic carbocycles. The van der Waals surface area contributed by atoms with Crippen LogP contribution in [0.3, 0.4) is 0 Å². The van der Waals surface area contributed by atoms with Crippen LogP contribution in [0.2, 0.25) is 0 Å². The average Bonchev–Trinajstić information content (AvgIpc) is 2.33. The Bertz CT molecular complexity index is 475. The first kappa shape index (κ1) is 13.8. The molecular formula is C15H20FN3. The molecule has 19 heavy (non-hydrogen) atoms. The van der Waals surface area contributed by atoms with Crippen LogP contribution >= 0.6 is 0 Å². The van der Waals surface area contributed by atoms with Gasteiger partial charge in [0.1, 0.15) is 5.82 Å². The number of nitrogens with zero attached hydrogens (tertiary/aromatic N) is 3. The van der Waals surface area contributed by atoms with Crippen molar-refractivity contribution in [1.82, 2.24) is 4.90 Å². The summed E-state index contributed by atoms with van der Waals surface area (Å²) in [6.07, 6.45) is 0.518.